The summed E-state index contributed by atoms with van der Waals surface area (Å²) in [6, 6.07) is 74.1. The van der Waals surface area contributed by atoms with Crippen molar-refractivity contribution in [2.45, 2.75) is 11.8 Å². The molecule has 0 aromatic heterocycles. The van der Waals surface area contributed by atoms with Crippen LogP contribution in [0.2, 0.25) is 0 Å². The van der Waals surface area contributed by atoms with Crippen LogP contribution in [0.5, 0.6) is 0 Å². The van der Waals surface area contributed by atoms with Crippen molar-refractivity contribution in [1.29, 1.82) is 0 Å². The monoisotopic (exact) mass is 746 g/mol. The molecule has 2 unspecified atom stereocenters. The molecule has 0 amide bonds. The molecule has 49 heavy (non-hydrogen) atoms. The van der Waals surface area contributed by atoms with E-state index in [0.29, 0.717) is 11.8 Å². The molecule has 0 bridgehead atoms. The fourth-order valence-corrected chi connectivity index (χ4v) is 6.64. The van der Waals surface area contributed by atoms with Crippen molar-refractivity contribution in [2.75, 3.05) is 0 Å². The third kappa shape index (κ3) is 8.44. The van der Waals surface area contributed by atoms with Gasteiger partial charge in [-0.1, -0.05) is 59.7 Å². The van der Waals surface area contributed by atoms with Crippen molar-refractivity contribution >= 4 is 0 Å². The van der Waals surface area contributed by atoms with E-state index in [1.807, 2.05) is 72.8 Å². The fourth-order valence-electron chi connectivity index (χ4n) is 6.64. The van der Waals surface area contributed by atoms with Crippen LogP contribution in [-0.4, -0.2) is 0 Å². The molecule has 3 heteroatoms. The Hall–Kier alpha value is -3.97. The van der Waals surface area contributed by atoms with E-state index in [-0.39, 0.29) is 55.9 Å². The Morgan fingerprint density at radius 3 is 1.12 bits per heavy atom. The van der Waals surface area contributed by atoms with Crippen molar-refractivity contribution in [3.8, 4) is 22.3 Å². The molecule has 8 aromatic rings. The van der Waals surface area contributed by atoms with Gasteiger partial charge in [0.1, 0.15) is 0 Å². The maximum Gasteiger partial charge on any atom is 2.00 e. The van der Waals surface area contributed by atoms with Crippen molar-refractivity contribution in [3.63, 3.8) is 0 Å². The van der Waals surface area contributed by atoms with Gasteiger partial charge >= 0.3 is 55.9 Å². The van der Waals surface area contributed by atoms with Gasteiger partial charge in [0, 0.05) is 0 Å². The van der Waals surface area contributed by atoms with E-state index in [9.17, 15) is 0 Å². The molecule has 0 spiro atoms. The first-order valence-electron chi connectivity index (χ1n) is 15.9. The molecule has 2 aliphatic rings. The Kier molecular flexibility index (Phi) is 14.4. The second-order valence-electron chi connectivity index (χ2n) is 11.4. The van der Waals surface area contributed by atoms with E-state index in [1.165, 1.54) is 55.6 Å². The van der Waals surface area contributed by atoms with Gasteiger partial charge in [-0.2, -0.15) is 120 Å². The summed E-state index contributed by atoms with van der Waals surface area (Å²) in [7, 11) is 0. The molecule has 0 fully saturated rings. The molecule has 238 valence electrons. The van der Waals surface area contributed by atoms with Crippen LogP contribution in [0, 0.1) is 12.1 Å². The van der Waals surface area contributed by atoms with E-state index >= 15 is 0 Å². The van der Waals surface area contributed by atoms with Gasteiger partial charge in [0.2, 0.25) is 0 Å². The molecular weight excluding hydrogens is 712 g/mol. The van der Waals surface area contributed by atoms with Crippen molar-refractivity contribution in [3.05, 3.63) is 240 Å². The molecule has 8 aromatic carbocycles. The topological polar surface area (TPSA) is 0 Å². The smallest absolute Gasteiger partial charge is 0.214 e. The van der Waals surface area contributed by atoms with E-state index in [1.54, 1.807) is 0 Å². The van der Waals surface area contributed by atoms with Gasteiger partial charge in [0.15, 0.2) is 0 Å². The quantitative estimate of drug-likeness (QED) is 0.122. The van der Waals surface area contributed by atoms with Crippen LogP contribution in [0.4, 0.5) is 0 Å². The average molecular weight is 746 g/mol. The largest absolute Gasteiger partial charge is 2.00 e. The molecule has 0 aliphatic heterocycles. The third-order valence-corrected chi connectivity index (χ3v) is 8.63. The molecular formula is C46H34Fe2Ti. The van der Waals surface area contributed by atoms with Crippen molar-refractivity contribution < 1.29 is 55.9 Å². The molecule has 2 atom stereocenters. The minimum absolute atomic E-state index is 0. The molecule has 0 saturated carbocycles. The first-order chi connectivity index (χ1) is 22.9. The predicted octanol–water partition coefficient (Wildman–Crippen LogP) is 11.5. The van der Waals surface area contributed by atoms with Gasteiger partial charge in [-0.15, -0.1) is 22.3 Å². The molecule has 2 aliphatic carbocycles. The summed E-state index contributed by atoms with van der Waals surface area (Å²) < 4.78 is 0. The number of hydrogen-bond donors (Lipinski definition) is 0. The van der Waals surface area contributed by atoms with Crippen LogP contribution in [0.25, 0.3) is 22.3 Å². The van der Waals surface area contributed by atoms with Crippen LogP contribution >= 0.6 is 0 Å². The van der Waals surface area contributed by atoms with Crippen molar-refractivity contribution in [2.24, 2.45) is 0 Å². The third-order valence-electron chi connectivity index (χ3n) is 8.63. The van der Waals surface area contributed by atoms with Gasteiger partial charge in [-0.25, -0.2) is 48.5 Å². The molecule has 0 nitrogen and oxygen atoms in total. The Morgan fingerprint density at radius 2 is 0.776 bits per heavy atom. The Labute approximate surface area is 327 Å². The Balaban J connectivity index is 0.000000165. The minimum atomic E-state index is 0. The van der Waals surface area contributed by atoms with Gasteiger partial charge in [-0.3, -0.25) is 0 Å². The van der Waals surface area contributed by atoms with Crippen molar-refractivity contribution in [1.82, 2.24) is 0 Å². The maximum atomic E-state index is 3.43. The summed E-state index contributed by atoms with van der Waals surface area (Å²) in [6.07, 6.45) is 0. The zero-order valence-electron chi connectivity index (χ0n) is 26.8. The van der Waals surface area contributed by atoms with E-state index < -0.39 is 0 Å². The number of benzene rings is 4. The van der Waals surface area contributed by atoms with E-state index in [0.717, 1.165) is 0 Å². The predicted molar refractivity (Wildman–Crippen MR) is 191 cm³/mol. The summed E-state index contributed by atoms with van der Waals surface area (Å²) >= 11 is 0. The van der Waals surface area contributed by atoms with Gasteiger partial charge in [0.05, 0.1) is 0 Å². The number of hydrogen-bond acceptors (Lipinski definition) is 0. The first kappa shape index (κ1) is 37.8. The summed E-state index contributed by atoms with van der Waals surface area (Å²) in [6.45, 7) is 0. The second-order valence-corrected chi connectivity index (χ2v) is 11.4. The van der Waals surface area contributed by atoms with Crippen LogP contribution in [0.15, 0.2) is 194 Å². The Bertz CT molecular complexity index is 1770. The van der Waals surface area contributed by atoms with E-state index in [4.69, 9.17) is 0 Å². The molecule has 0 heterocycles. The number of fused-ring (bicyclic) bond motifs is 6. The normalized spacial score (nSPS) is 13.6. The second kappa shape index (κ2) is 18.7. The Morgan fingerprint density at radius 1 is 0.388 bits per heavy atom. The van der Waals surface area contributed by atoms with Crippen LogP contribution in [-0.2, 0) is 55.9 Å². The standard InChI is InChI=1S/2C18H12.2C5H5.2Fe.Ti/c2*1-2-8-13(7-1)18-16-11-5-3-9-14(16)15-10-4-6-12-17(15)18;2*1-2-4-5-3-1;;;/h2*1-11,18H;2*1-5H;;;/q2*-2;2*-1;3*+2. The summed E-state index contributed by atoms with van der Waals surface area (Å²) in [4.78, 5) is 0. The molecule has 0 saturated heterocycles. The first-order valence-corrected chi connectivity index (χ1v) is 15.9. The minimum Gasteiger partial charge on any atom is -0.214 e. The van der Waals surface area contributed by atoms with E-state index in [2.05, 4.69) is 133 Å². The molecule has 0 radical (unpaired) electrons. The molecule has 10 rings (SSSR count). The maximum absolute atomic E-state index is 3.43. The van der Waals surface area contributed by atoms with Crippen LogP contribution in [0.3, 0.4) is 0 Å². The van der Waals surface area contributed by atoms with Gasteiger partial charge in [-0.05, 0) is 23.0 Å². The zero-order chi connectivity index (χ0) is 31.0. The summed E-state index contributed by atoms with van der Waals surface area (Å²) in [5.41, 5.74) is 13.5. The number of rotatable bonds is 2. The molecule has 0 N–H and O–H groups in total. The average Bonchev–Trinajstić information content (AvgIpc) is 3.97. The summed E-state index contributed by atoms with van der Waals surface area (Å²) in [5.74, 6) is 0.708. The van der Waals surface area contributed by atoms with Crippen LogP contribution < -0.4 is 0 Å². The SMILES string of the molecule is [Fe+2].[Fe+2].[Ti+2].[c-]1cccc2c1C(c1ccc[cH-]1)c1ccccc1-2.[c-]1cccc2c1C(c1ccc[cH-]1)c1ccccc1-2.c1cc[cH-]c1.c1cc[cH-]c1. The fraction of sp³-hybridized carbons (Fsp3) is 0.0435. The van der Waals surface area contributed by atoms with Crippen LogP contribution in [0.1, 0.15) is 45.2 Å². The zero-order valence-corrected chi connectivity index (χ0v) is 30.6. The summed E-state index contributed by atoms with van der Waals surface area (Å²) in [5, 5.41) is 0. The van der Waals surface area contributed by atoms with Gasteiger partial charge < -0.3 is 0 Å². The van der Waals surface area contributed by atoms with Gasteiger partial charge in [0.25, 0.3) is 0 Å².